The first-order valence-corrected chi connectivity index (χ1v) is 13.8. The van der Waals surface area contributed by atoms with Gasteiger partial charge in [0, 0.05) is 23.0 Å². The Morgan fingerprint density at radius 3 is 1.62 bits per heavy atom. The Morgan fingerprint density at radius 2 is 1.08 bits per heavy atom. The normalized spacial score (nSPS) is 18.9. The van der Waals surface area contributed by atoms with Crippen LogP contribution in [0.25, 0.3) is 5.31 Å². The van der Waals surface area contributed by atoms with E-state index in [1.165, 1.54) is 4.90 Å². The lowest BCUT2D eigenvalue weighted by Crippen LogP contribution is -2.31. The number of nitrogens with zero attached hydrogens (tertiary/aromatic N) is 1. The van der Waals surface area contributed by atoms with Crippen molar-refractivity contribution in [2.75, 3.05) is 7.11 Å². The van der Waals surface area contributed by atoms with Crippen LogP contribution in [0.5, 0.6) is 0 Å². The van der Waals surface area contributed by atoms with Crippen molar-refractivity contribution in [2.45, 2.75) is 0 Å². The predicted octanol–water partition coefficient (Wildman–Crippen LogP) is 6.35. The van der Waals surface area contributed by atoms with Gasteiger partial charge in [0.1, 0.15) is 0 Å². The predicted molar refractivity (Wildman–Crippen MR) is 150 cm³/mol. The lowest BCUT2D eigenvalue weighted by atomic mass is 10.1. The van der Waals surface area contributed by atoms with Crippen LogP contribution in [0.3, 0.4) is 0 Å². The van der Waals surface area contributed by atoms with Gasteiger partial charge in [-0.1, -0.05) is 103 Å². The van der Waals surface area contributed by atoms with Crippen LogP contribution in [0.15, 0.2) is 133 Å². The third-order valence-corrected chi connectivity index (χ3v) is 10.5. The molecular formula is C32H24NO3P. The maximum absolute atomic E-state index is 13.5. The van der Waals surface area contributed by atoms with Crippen LogP contribution in [0.4, 0.5) is 0 Å². The van der Waals surface area contributed by atoms with Gasteiger partial charge in [-0.05, 0) is 35.4 Å². The summed E-state index contributed by atoms with van der Waals surface area (Å²) in [5, 5.41) is 2.97. The zero-order chi connectivity index (χ0) is 25.4. The summed E-state index contributed by atoms with van der Waals surface area (Å²) >= 11 is 0. The summed E-state index contributed by atoms with van der Waals surface area (Å²) in [7, 11) is -0.875. The van der Waals surface area contributed by atoms with Gasteiger partial charge in [0.2, 0.25) is 0 Å². The number of amides is 2. The fourth-order valence-electron chi connectivity index (χ4n) is 5.15. The van der Waals surface area contributed by atoms with E-state index >= 15 is 0 Å². The Labute approximate surface area is 216 Å². The van der Waals surface area contributed by atoms with Crippen LogP contribution >= 0.6 is 7.11 Å². The summed E-state index contributed by atoms with van der Waals surface area (Å²) in [5.74, 6) is -0.628. The molecule has 0 aromatic heterocycles. The first-order valence-electron chi connectivity index (χ1n) is 12.1. The molecule has 2 heterocycles. The molecule has 37 heavy (non-hydrogen) atoms. The SMILES string of the molecule is COP1(c2ccccc2)=C(c2ccccc2)C=C(N2C(=O)c3ccccc3C2=O)C=C1c1ccccc1. The van der Waals surface area contributed by atoms with E-state index in [9.17, 15) is 9.59 Å². The van der Waals surface area contributed by atoms with Crippen LogP contribution in [0.1, 0.15) is 31.8 Å². The average molecular weight is 502 g/mol. The van der Waals surface area contributed by atoms with E-state index in [0.717, 1.165) is 27.0 Å². The van der Waals surface area contributed by atoms with Crippen LogP contribution in [-0.2, 0) is 4.52 Å². The molecule has 0 N–H and O–H groups in total. The van der Waals surface area contributed by atoms with Crippen LogP contribution < -0.4 is 5.30 Å². The zero-order valence-electron chi connectivity index (χ0n) is 20.2. The molecule has 4 nitrogen and oxygen atoms in total. The molecule has 0 radical (unpaired) electrons. The van der Waals surface area contributed by atoms with Crippen molar-refractivity contribution in [2.24, 2.45) is 0 Å². The van der Waals surface area contributed by atoms with Crippen molar-refractivity contribution < 1.29 is 14.1 Å². The number of benzene rings is 4. The summed E-state index contributed by atoms with van der Waals surface area (Å²) in [5.41, 5.74) is 3.35. The highest BCUT2D eigenvalue weighted by atomic mass is 31.2. The van der Waals surface area contributed by atoms with Gasteiger partial charge in [-0.15, -0.1) is 0 Å². The Kier molecular flexibility index (Phi) is 5.84. The maximum Gasteiger partial charge on any atom is 0.266 e. The van der Waals surface area contributed by atoms with Crippen molar-refractivity contribution >= 4 is 34.8 Å². The number of carbonyl (C=O) groups is 2. The van der Waals surface area contributed by atoms with Crippen molar-refractivity contribution in [1.82, 2.24) is 4.90 Å². The summed E-state index contributed by atoms with van der Waals surface area (Å²) in [6, 6.07) is 37.3. The Morgan fingerprint density at radius 1 is 0.595 bits per heavy atom. The fraction of sp³-hybridized carbons (Fsp3) is 0.0312. The highest BCUT2D eigenvalue weighted by Crippen LogP contribution is 2.63. The molecule has 4 aromatic carbocycles. The molecule has 0 spiro atoms. The molecule has 5 heteroatoms. The number of allylic oxidation sites excluding steroid dienone is 2. The standard InChI is InChI=1S/C32H24NO3P/c1-36-37(26-17-9-4-10-18-26)29(23-13-5-2-6-14-23)21-25(22-30(37)24-15-7-3-8-16-24)33-31(34)27-19-11-12-20-28(27)32(33)35/h2-22H,1H3. The number of carbonyl (C=O) groups excluding carboxylic acids is 2. The number of hydrogen-bond acceptors (Lipinski definition) is 3. The topological polar surface area (TPSA) is 46.6 Å². The second kappa shape index (κ2) is 9.33. The highest BCUT2D eigenvalue weighted by Gasteiger charge is 2.41. The molecule has 180 valence electrons. The van der Waals surface area contributed by atoms with Gasteiger partial charge in [0.05, 0.1) is 23.9 Å². The molecule has 1 atom stereocenters. The third-order valence-electron chi connectivity index (χ3n) is 6.83. The lowest BCUT2D eigenvalue weighted by molar-refractivity contribution is 0.0710. The van der Waals surface area contributed by atoms with Crippen LogP contribution in [0.2, 0.25) is 0 Å². The average Bonchev–Trinajstić information content (AvgIpc) is 3.23. The Hall–Kier alpha value is -4.24. The van der Waals surface area contributed by atoms with Gasteiger partial charge in [-0.25, -0.2) is 4.90 Å². The maximum atomic E-state index is 13.5. The van der Waals surface area contributed by atoms with E-state index < -0.39 is 7.11 Å². The fourth-order valence-corrected chi connectivity index (χ4v) is 8.82. The molecule has 4 aromatic rings. The van der Waals surface area contributed by atoms with Crippen molar-refractivity contribution in [1.29, 1.82) is 0 Å². The van der Waals surface area contributed by atoms with E-state index in [1.54, 1.807) is 31.4 Å². The monoisotopic (exact) mass is 501 g/mol. The van der Waals surface area contributed by atoms with Crippen molar-refractivity contribution in [3.63, 3.8) is 0 Å². The smallest absolute Gasteiger partial charge is 0.266 e. The van der Waals surface area contributed by atoms with E-state index in [2.05, 4.69) is 36.4 Å². The molecule has 2 aliphatic rings. The van der Waals surface area contributed by atoms with Crippen molar-refractivity contribution in [3.05, 3.63) is 155 Å². The number of fused-ring (bicyclic) bond motifs is 1. The van der Waals surface area contributed by atoms with Crippen LogP contribution in [0, 0.1) is 0 Å². The summed E-state index contributed by atoms with van der Waals surface area (Å²) < 4.78 is 6.60. The minimum atomic E-state index is -2.63. The van der Waals surface area contributed by atoms with Gasteiger partial charge in [0.15, 0.2) is 0 Å². The van der Waals surface area contributed by atoms with E-state index in [-0.39, 0.29) is 11.8 Å². The zero-order valence-corrected chi connectivity index (χ0v) is 21.1. The van der Waals surface area contributed by atoms with E-state index in [0.29, 0.717) is 16.8 Å². The van der Waals surface area contributed by atoms with Gasteiger partial charge >= 0.3 is 0 Å². The first-order chi connectivity index (χ1) is 18.1. The molecule has 6 rings (SSSR count). The molecular weight excluding hydrogens is 477 g/mol. The minimum Gasteiger partial charge on any atom is -0.355 e. The molecule has 0 fully saturated rings. The van der Waals surface area contributed by atoms with Gasteiger partial charge < -0.3 is 4.52 Å². The van der Waals surface area contributed by atoms with Crippen LogP contribution in [-0.4, -0.2) is 29.1 Å². The number of hydrogen-bond donors (Lipinski definition) is 0. The third kappa shape index (κ3) is 3.65. The van der Waals surface area contributed by atoms with Gasteiger partial charge in [0.25, 0.3) is 11.8 Å². The second-order valence-corrected chi connectivity index (χ2v) is 11.9. The minimum absolute atomic E-state index is 0.314. The summed E-state index contributed by atoms with van der Waals surface area (Å²) in [6.07, 6.45) is 3.93. The molecule has 0 saturated carbocycles. The quantitative estimate of drug-likeness (QED) is 0.237. The summed E-state index contributed by atoms with van der Waals surface area (Å²) in [4.78, 5) is 28.3. The number of imide groups is 1. The molecule has 0 saturated heterocycles. The summed E-state index contributed by atoms with van der Waals surface area (Å²) in [6.45, 7) is 0. The molecule has 2 aliphatic heterocycles. The number of rotatable bonds is 5. The molecule has 0 bridgehead atoms. The second-order valence-electron chi connectivity index (χ2n) is 8.83. The lowest BCUT2D eigenvalue weighted by Gasteiger charge is -2.35. The Bertz CT molecular complexity index is 1600. The molecule has 2 amide bonds. The Balaban J connectivity index is 1.70. The molecule has 0 aliphatic carbocycles. The van der Waals surface area contributed by atoms with Crippen molar-refractivity contribution in [3.8, 4) is 0 Å². The largest absolute Gasteiger partial charge is 0.355 e. The van der Waals surface area contributed by atoms with Gasteiger partial charge in [-0.2, -0.15) is 0 Å². The van der Waals surface area contributed by atoms with E-state index in [1.807, 2.05) is 66.7 Å². The molecule has 1 unspecified atom stereocenters. The first kappa shape index (κ1) is 23.2. The van der Waals surface area contributed by atoms with E-state index in [4.69, 9.17) is 4.52 Å². The highest BCUT2D eigenvalue weighted by molar-refractivity contribution is 7.88. The van der Waals surface area contributed by atoms with Gasteiger partial charge in [-0.3, -0.25) is 9.59 Å².